The van der Waals surface area contributed by atoms with Crippen LogP contribution < -0.4 is 0 Å². The molecule has 1 aliphatic carbocycles. The van der Waals surface area contributed by atoms with Crippen LogP contribution in [0.1, 0.15) is 50.2 Å². The van der Waals surface area contributed by atoms with Crippen LogP contribution in [0.3, 0.4) is 0 Å². The predicted molar refractivity (Wildman–Crippen MR) is 80.4 cm³/mol. The first-order chi connectivity index (χ1) is 8.97. The monoisotopic (exact) mass is 324 g/mol. The molecule has 2 nitrogen and oxygen atoms in total. The van der Waals surface area contributed by atoms with Gasteiger partial charge in [-0.1, -0.05) is 41.9 Å². The lowest BCUT2D eigenvalue weighted by molar-refractivity contribution is -0.139. The first kappa shape index (κ1) is 14.6. The number of hydrogen-bond donors (Lipinski definition) is 1. The maximum atomic E-state index is 11.4. The number of hydrogen-bond acceptors (Lipinski definition) is 1. The lowest BCUT2D eigenvalue weighted by atomic mass is 9.89. The fourth-order valence-electron chi connectivity index (χ4n) is 2.43. The summed E-state index contributed by atoms with van der Waals surface area (Å²) in [6.07, 6.45) is 4.46. The van der Waals surface area contributed by atoms with Crippen LogP contribution in [0.25, 0.3) is 0 Å². The summed E-state index contributed by atoms with van der Waals surface area (Å²) in [5.74, 6) is 0.0981. The van der Waals surface area contributed by atoms with Gasteiger partial charge in [0.25, 0.3) is 0 Å². The molecule has 0 heterocycles. The van der Waals surface area contributed by atoms with Crippen LogP contribution in [0, 0.1) is 11.8 Å². The third-order valence-electron chi connectivity index (χ3n) is 3.69. The molecule has 0 radical (unpaired) electrons. The summed E-state index contributed by atoms with van der Waals surface area (Å²) in [6.45, 7) is 4.12. The molecule has 0 aromatic heterocycles. The molecular formula is C16H21BrO2. The van der Waals surface area contributed by atoms with Gasteiger partial charge in [-0.15, -0.1) is 0 Å². The highest BCUT2D eigenvalue weighted by Gasteiger charge is 2.24. The molecule has 0 spiro atoms. The highest BCUT2D eigenvalue weighted by molar-refractivity contribution is 9.10. The fraction of sp³-hybridized carbons (Fsp3) is 0.562. The van der Waals surface area contributed by atoms with Crippen molar-refractivity contribution in [2.45, 2.75) is 45.4 Å². The number of carboxylic acid groups (broad SMARTS) is 1. The van der Waals surface area contributed by atoms with Crippen molar-refractivity contribution < 1.29 is 9.90 Å². The van der Waals surface area contributed by atoms with Crippen LogP contribution in [0.4, 0.5) is 0 Å². The molecular weight excluding hydrogens is 304 g/mol. The number of carboxylic acids is 1. The van der Waals surface area contributed by atoms with Gasteiger partial charge in [0.05, 0.1) is 5.92 Å². The van der Waals surface area contributed by atoms with Crippen LogP contribution >= 0.6 is 15.9 Å². The number of benzene rings is 1. The zero-order chi connectivity index (χ0) is 14.0. The van der Waals surface area contributed by atoms with E-state index in [-0.39, 0.29) is 0 Å². The van der Waals surface area contributed by atoms with Crippen molar-refractivity contribution in [2.75, 3.05) is 0 Å². The zero-order valence-corrected chi connectivity index (χ0v) is 13.1. The lowest BCUT2D eigenvalue weighted by Crippen LogP contribution is -2.14. The average molecular weight is 325 g/mol. The second kappa shape index (κ2) is 6.08. The van der Waals surface area contributed by atoms with Crippen molar-refractivity contribution in [3.05, 3.63) is 33.8 Å². The third-order valence-corrected chi connectivity index (χ3v) is 4.43. The number of aliphatic carboxylic acids is 1. The van der Waals surface area contributed by atoms with Crippen LogP contribution in [0.2, 0.25) is 0 Å². The van der Waals surface area contributed by atoms with Gasteiger partial charge < -0.3 is 5.11 Å². The Bertz CT molecular complexity index is 464. The van der Waals surface area contributed by atoms with E-state index in [1.165, 1.54) is 18.4 Å². The molecule has 2 rings (SSSR count). The predicted octanol–water partition coefficient (Wildman–Crippen LogP) is 4.62. The molecule has 0 bridgehead atoms. The molecule has 1 fully saturated rings. The van der Waals surface area contributed by atoms with Crippen LogP contribution in [0.5, 0.6) is 0 Å². The van der Waals surface area contributed by atoms with E-state index < -0.39 is 11.9 Å². The minimum atomic E-state index is -0.726. The van der Waals surface area contributed by atoms with E-state index in [1.807, 2.05) is 12.1 Å². The molecule has 1 saturated carbocycles. The summed E-state index contributed by atoms with van der Waals surface area (Å²) in [5, 5.41) is 9.38. The molecule has 3 heteroatoms. The first-order valence-corrected chi connectivity index (χ1v) is 7.77. The van der Waals surface area contributed by atoms with Gasteiger partial charge in [-0.25, -0.2) is 0 Å². The highest BCUT2D eigenvalue weighted by Crippen LogP contribution is 2.36. The van der Waals surface area contributed by atoms with Crippen LogP contribution in [-0.2, 0) is 11.2 Å². The molecule has 104 valence electrons. The first-order valence-electron chi connectivity index (χ1n) is 6.98. The minimum Gasteiger partial charge on any atom is -0.481 e. The Morgan fingerprint density at radius 1 is 1.42 bits per heavy atom. The SMILES string of the molecule is CC(C)CC(C(=O)O)c1ccc(CC2CC2)c(Br)c1. The molecule has 1 aromatic carbocycles. The Hall–Kier alpha value is -0.830. The molecule has 0 amide bonds. The summed E-state index contributed by atoms with van der Waals surface area (Å²) < 4.78 is 1.06. The highest BCUT2D eigenvalue weighted by atomic mass is 79.9. The Morgan fingerprint density at radius 3 is 2.58 bits per heavy atom. The van der Waals surface area contributed by atoms with E-state index >= 15 is 0 Å². The van der Waals surface area contributed by atoms with E-state index in [0.717, 1.165) is 22.4 Å². The maximum Gasteiger partial charge on any atom is 0.310 e. The molecule has 0 aliphatic heterocycles. The van der Waals surface area contributed by atoms with Gasteiger partial charge in [-0.2, -0.15) is 0 Å². The molecule has 1 aliphatic rings. The Labute approximate surface area is 123 Å². The van der Waals surface area contributed by atoms with E-state index in [1.54, 1.807) is 0 Å². The number of carbonyl (C=O) groups is 1. The van der Waals surface area contributed by atoms with Gasteiger partial charge in [0.2, 0.25) is 0 Å². The normalized spacial score (nSPS) is 16.6. The van der Waals surface area contributed by atoms with Crippen molar-refractivity contribution in [2.24, 2.45) is 11.8 Å². The standard InChI is InChI=1S/C16H21BrO2/c1-10(2)7-14(16(18)19)12-5-6-13(15(17)9-12)8-11-3-4-11/h5-6,9-11,14H,3-4,7-8H2,1-2H3,(H,18,19). The summed E-state index contributed by atoms with van der Waals surface area (Å²) >= 11 is 3.59. The van der Waals surface area contributed by atoms with Gasteiger partial charge in [-0.3, -0.25) is 4.79 Å². The van der Waals surface area contributed by atoms with E-state index in [4.69, 9.17) is 0 Å². The molecule has 19 heavy (non-hydrogen) atoms. The Kier molecular flexibility index (Phi) is 4.67. The second-order valence-corrected chi connectivity index (χ2v) is 6.87. The maximum absolute atomic E-state index is 11.4. The lowest BCUT2D eigenvalue weighted by Gasteiger charge is -2.16. The van der Waals surface area contributed by atoms with E-state index in [9.17, 15) is 9.90 Å². The quantitative estimate of drug-likeness (QED) is 0.829. The topological polar surface area (TPSA) is 37.3 Å². The van der Waals surface area contributed by atoms with E-state index in [2.05, 4.69) is 35.8 Å². The molecule has 0 saturated heterocycles. The third kappa shape index (κ3) is 4.07. The molecule has 1 atom stereocenters. The summed E-state index contributed by atoms with van der Waals surface area (Å²) in [4.78, 5) is 11.4. The summed E-state index contributed by atoms with van der Waals surface area (Å²) in [5.41, 5.74) is 2.22. The summed E-state index contributed by atoms with van der Waals surface area (Å²) in [7, 11) is 0. The number of halogens is 1. The molecule has 1 aromatic rings. The van der Waals surface area contributed by atoms with Crippen molar-refractivity contribution in [1.82, 2.24) is 0 Å². The summed E-state index contributed by atoms with van der Waals surface area (Å²) in [6, 6.07) is 6.08. The minimum absolute atomic E-state index is 0.381. The van der Waals surface area contributed by atoms with Crippen LogP contribution in [-0.4, -0.2) is 11.1 Å². The van der Waals surface area contributed by atoms with Gasteiger partial charge in [0.15, 0.2) is 0 Å². The van der Waals surface area contributed by atoms with Crippen molar-refractivity contribution in [3.63, 3.8) is 0 Å². The van der Waals surface area contributed by atoms with Gasteiger partial charge in [-0.05, 0) is 54.7 Å². The number of rotatable bonds is 6. The largest absolute Gasteiger partial charge is 0.481 e. The Balaban J connectivity index is 2.17. The van der Waals surface area contributed by atoms with Crippen molar-refractivity contribution in [3.8, 4) is 0 Å². The fourth-order valence-corrected chi connectivity index (χ4v) is 2.99. The second-order valence-electron chi connectivity index (χ2n) is 6.02. The van der Waals surface area contributed by atoms with Crippen molar-refractivity contribution >= 4 is 21.9 Å². The van der Waals surface area contributed by atoms with Crippen molar-refractivity contribution in [1.29, 1.82) is 0 Å². The van der Waals surface area contributed by atoms with Gasteiger partial charge in [0.1, 0.15) is 0 Å². The van der Waals surface area contributed by atoms with Crippen LogP contribution in [0.15, 0.2) is 22.7 Å². The van der Waals surface area contributed by atoms with Gasteiger partial charge >= 0.3 is 5.97 Å². The molecule has 1 N–H and O–H groups in total. The van der Waals surface area contributed by atoms with E-state index in [0.29, 0.717) is 12.3 Å². The smallest absolute Gasteiger partial charge is 0.310 e. The average Bonchev–Trinajstić information content (AvgIpc) is 3.12. The zero-order valence-electron chi connectivity index (χ0n) is 11.5. The Morgan fingerprint density at radius 2 is 2.11 bits per heavy atom. The molecule has 1 unspecified atom stereocenters. The van der Waals surface area contributed by atoms with Gasteiger partial charge in [0, 0.05) is 4.47 Å².